The van der Waals surface area contributed by atoms with Crippen LogP contribution in [0.2, 0.25) is 0 Å². The molecule has 0 aliphatic carbocycles. The van der Waals surface area contributed by atoms with E-state index >= 15 is 0 Å². The van der Waals surface area contributed by atoms with Gasteiger partial charge in [0, 0.05) is 6.04 Å². The molecule has 0 atom stereocenters. The number of carbonyl (C=O) groups excluding carboxylic acids is 2. The van der Waals surface area contributed by atoms with E-state index in [9.17, 15) is 9.59 Å². The third-order valence-electron chi connectivity index (χ3n) is 3.76. The third-order valence-corrected chi connectivity index (χ3v) is 5.75. The minimum Gasteiger partial charge on any atom is -0.462 e. The fourth-order valence-corrected chi connectivity index (χ4v) is 4.28. The number of aryl methyl sites for hydroxylation is 1. The fourth-order valence-electron chi connectivity index (χ4n) is 2.54. The van der Waals surface area contributed by atoms with Crippen molar-refractivity contribution in [1.82, 2.24) is 19.7 Å². The van der Waals surface area contributed by atoms with Crippen LogP contribution in [-0.4, -0.2) is 44.0 Å². The molecule has 0 aliphatic heterocycles. The summed E-state index contributed by atoms with van der Waals surface area (Å²) in [6, 6.07) is 3.69. The van der Waals surface area contributed by atoms with Crippen LogP contribution in [0.25, 0.3) is 11.6 Å². The normalized spacial score (nSPS) is 11.1. The molecule has 0 aliphatic rings. The maximum atomic E-state index is 12.4. The predicted molar refractivity (Wildman–Crippen MR) is 110 cm³/mol. The molecule has 0 spiro atoms. The van der Waals surface area contributed by atoms with E-state index in [-0.39, 0.29) is 24.3 Å². The Morgan fingerprint density at radius 3 is 2.83 bits per heavy atom. The van der Waals surface area contributed by atoms with Crippen LogP contribution in [-0.2, 0) is 9.53 Å². The third kappa shape index (κ3) is 4.85. The molecule has 3 heterocycles. The highest BCUT2D eigenvalue weighted by Crippen LogP contribution is 2.28. The van der Waals surface area contributed by atoms with E-state index in [1.165, 1.54) is 11.8 Å². The molecule has 0 saturated heterocycles. The maximum Gasteiger partial charge on any atom is 0.350 e. The van der Waals surface area contributed by atoms with Crippen LogP contribution in [0.5, 0.6) is 0 Å². The lowest BCUT2D eigenvalue weighted by atomic mass is 10.3. The molecular formula is C18H21N5O4S2. The average Bonchev–Trinajstić information content (AvgIpc) is 3.39. The van der Waals surface area contributed by atoms with Crippen molar-refractivity contribution < 1.29 is 18.7 Å². The van der Waals surface area contributed by atoms with Gasteiger partial charge in [-0.1, -0.05) is 23.1 Å². The molecule has 0 aromatic carbocycles. The Hall–Kier alpha value is -2.66. The summed E-state index contributed by atoms with van der Waals surface area (Å²) in [5.74, 6) is 0.663. The first-order chi connectivity index (χ1) is 13.9. The van der Waals surface area contributed by atoms with E-state index in [4.69, 9.17) is 9.15 Å². The lowest BCUT2D eigenvalue weighted by Crippen LogP contribution is -2.15. The smallest absolute Gasteiger partial charge is 0.350 e. The number of thiazole rings is 1. The van der Waals surface area contributed by atoms with Crippen molar-refractivity contribution in [2.45, 2.75) is 38.9 Å². The van der Waals surface area contributed by atoms with E-state index in [0.29, 0.717) is 32.4 Å². The number of furan rings is 1. The molecule has 11 heteroatoms. The average molecular weight is 436 g/mol. The molecule has 0 unspecified atom stereocenters. The number of carbonyl (C=O) groups is 2. The number of hydrogen-bond donors (Lipinski definition) is 1. The first-order valence-corrected chi connectivity index (χ1v) is 10.8. The lowest BCUT2D eigenvalue weighted by molar-refractivity contribution is -0.113. The molecule has 3 aromatic rings. The largest absolute Gasteiger partial charge is 0.462 e. The second-order valence-corrected chi connectivity index (χ2v) is 8.18. The number of amides is 1. The topological polar surface area (TPSA) is 112 Å². The van der Waals surface area contributed by atoms with Crippen LogP contribution in [0.3, 0.4) is 0 Å². The Kier molecular flexibility index (Phi) is 6.70. The number of hydrogen-bond acceptors (Lipinski definition) is 9. The van der Waals surface area contributed by atoms with Crippen LogP contribution >= 0.6 is 23.1 Å². The van der Waals surface area contributed by atoms with Crippen molar-refractivity contribution in [3.05, 3.63) is 29.0 Å². The van der Waals surface area contributed by atoms with Gasteiger partial charge in [0.15, 0.2) is 16.0 Å². The van der Waals surface area contributed by atoms with Crippen molar-refractivity contribution >= 4 is 40.1 Å². The highest BCUT2D eigenvalue weighted by atomic mass is 32.2. The number of rotatable bonds is 8. The molecular weight excluding hydrogens is 414 g/mol. The zero-order valence-electron chi connectivity index (χ0n) is 16.5. The summed E-state index contributed by atoms with van der Waals surface area (Å²) in [5.41, 5.74) is 0.527. The quantitative estimate of drug-likeness (QED) is 0.420. The van der Waals surface area contributed by atoms with E-state index in [2.05, 4.69) is 20.5 Å². The summed E-state index contributed by atoms with van der Waals surface area (Å²) in [4.78, 5) is 28.9. The summed E-state index contributed by atoms with van der Waals surface area (Å²) in [5, 5.41) is 12.1. The van der Waals surface area contributed by atoms with Crippen LogP contribution in [0.1, 0.15) is 42.2 Å². The zero-order valence-corrected chi connectivity index (χ0v) is 18.1. The summed E-state index contributed by atoms with van der Waals surface area (Å²) in [6.45, 7) is 7.74. The molecule has 3 aromatic heterocycles. The van der Waals surface area contributed by atoms with E-state index in [0.717, 1.165) is 11.3 Å². The fraction of sp³-hybridized carbons (Fsp3) is 0.389. The first-order valence-electron chi connectivity index (χ1n) is 8.96. The molecule has 3 rings (SSSR count). The Bertz CT molecular complexity index is 994. The molecule has 29 heavy (non-hydrogen) atoms. The van der Waals surface area contributed by atoms with Crippen molar-refractivity contribution in [3.63, 3.8) is 0 Å². The van der Waals surface area contributed by atoms with Gasteiger partial charge < -0.3 is 14.5 Å². The second kappa shape index (κ2) is 9.23. The Morgan fingerprint density at radius 1 is 1.38 bits per heavy atom. The molecule has 154 valence electrons. The monoisotopic (exact) mass is 435 g/mol. The van der Waals surface area contributed by atoms with Crippen LogP contribution < -0.4 is 5.32 Å². The number of anilines is 1. The molecule has 0 radical (unpaired) electrons. The molecule has 0 saturated carbocycles. The van der Waals surface area contributed by atoms with Gasteiger partial charge in [0.1, 0.15) is 4.88 Å². The van der Waals surface area contributed by atoms with Gasteiger partial charge in [-0.3, -0.25) is 9.36 Å². The highest BCUT2D eigenvalue weighted by molar-refractivity contribution is 7.99. The van der Waals surface area contributed by atoms with Gasteiger partial charge in [0.25, 0.3) is 0 Å². The minimum atomic E-state index is -0.437. The number of thioether (sulfide) groups is 1. The number of nitrogens with zero attached hydrogens (tertiary/aromatic N) is 4. The second-order valence-electron chi connectivity index (χ2n) is 6.24. The Labute approximate surface area is 175 Å². The van der Waals surface area contributed by atoms with E-state index < -0.39 is 5.97 Å². The summed E-state index contributed by atoms with van der Waals surface area (Å²) in [7, 11) is 0. The van der Waals surface area contributed by atoms with Gasteiger partial charge in [-0.2, -0.15) is 0 Å². The summed E-state index contributed by atoms with van der Waals surface area (Å²) >= 11 is 2.36. The van der Waals surface area contributed by atoms with Crippen LogP contribution in [0.15, 0.2) is 28.0 Å². The molecule has 0 fully saturated rings. The Morgan fingerprint density at radius 2 is 2.17 bits per heavy atom. The van der Waals surface area contributed by atoms with Crippen molar-refractivity contribution in [1.29, 1.82) is 0 Å². The SMILES string of the molecule is CCOC(=O)c1sc(NC(=O)CSc2nnc(-c3ccco3)n2C(C)C)nc1C. The standard InChI is InChI=1S/C18H21N5O4S2/c1-5-26-16(25)14-11(4)19-17(29-14)20-13(24)9-28-18-22-21-15(23(18)10(2)3)12-7-6-8-27-12/h6-8,10H,5,9H2,1-4H3,(H,19,20,24). The van der Waals surface area contributed by atoms with Crippen LogP contribution in [0, 0.1) is 6.92 Å². The van der Waals surface area contributed by atoms with Crippen molar-refractivity contribution in [3.8, 4) is 11.6 Å². The lowest BCUT2D eigenvalue weighted by Gasteiger charge is -2.12. The number of nitrogens with one attached hydrogen (secondary N) is 1. The number of ether oxygens (including phenoxy) is 1. The van der Waals surface area contributed by atoms with Gasteiger partial charge in [-0.25, -0.2) is 9.78 Å². The van der Waals surface area contributed by atoms with E-state index in [1.807, 2.05) is 24.5 Å². The van der Waals surface area contributed by atoms with Gasteiger partial charge in [-0.15, -0.1) is 10.2 Å². The van der Waals surface area contributed by atoms with Gasteiger partial charge in [-0.05, 0) is 39.8 Å². The zero-order chi connectivity index (χ0) is 21.0. The number of aromatic nitrogens is 4. The maximum absolute atomic E-state index is 12.4. The highest BCUT2D eigenvalue weighted by Gasteiger charge is 2.21. The summed E-state index contributed by atoms with van der Waals surface area (Å²) in [6.07, 6.45) is 1.58. The Balaban J connectivity index is 1.66. The van der Waals surface area contributed by atoms with Gasteiger partial charge in [0.05, 0.1) is 24.3 Å². The minimum absolute atomic E-state index is 0.0874. The first kappa shape index (κ1) is 21.1. The van der Waals surface area contributed by atoms with Gasteiger partial charge in [0.2, 0.25) is 11.7 Å². The van der Waals surface area contributed by atoms with Crippen molar-refractivity contribution in [2.75, 3.05) is 17.7 Å². The molecule has 1 N–H and O–H groups in total. The number of esters is 1. The van der Waals surface area contributed by atoms with Crippen LogP contribution in [0.4, 0.5) is 5.13 Å². The van der Waals surface area contributed by atoms with E-state index in [1.54, 1.807) is 26.2 Å². The molecule has 9 nitrogen and oxygen atoms in total. The van der Waals surface area contributed by atoms with Gasteiger partial charge >= 0.3 is 5.97 Å². The molecule has 1 amide bonds. The molecule has 0 bridgehead atoms. The van der Waals surface area contributed by atoms with Crippen molar-refractivity contribution in [2.24, 2.45) is 0 Å². The summed E-state index contributed by atoms with van der Waals surface area (Å²) < 4.78 is 12.3. The predicted octanol–water partition coefficient (Wildman–Crippen LogP) is 3.79.